The van der Waals surface area contributed by atoms with Crippen molar-refractivity contribution in [2.24, 2.45) is 0 Å². The van der Waals surface area contributed by atoms with E-state index in [0.717, 1.165) is 36.1 Å². The summed E-state index contributed by atoms with van der Waals surface area (Å²) in [6, 6.07) is 5.24. The molecule has 1 aromatic carbocycles. The highest BCUT2D eigenvalue weighted by molar-refractivity contribution is 5.76. The predicted octanol–water partition coefficient (Wildman–Crippen LogP) is 4.38. The summed E-state index contributed by atoms with van der Waals surface area (Å²) in [6.07, 6.45) is 9.71. The minimum absolute atomic E-state index is 0.251. The number of nitrogens with one attached hydrogen (secondary N) is 1. The monoisotopic (exact) mass is 380 g/mol. The third-order valence-electron chi connectivity index (χ3n) is 4.99. The molecular formula is C20H18F2N6. The summed E-state index contributed by atoms with van der Waals surface area (Å²) in [5, 5.41) is 11.9. The SMILES string of the molecule is C[C@@H](Nc1ccn2ncc(-c3cnn(C4CC4)c3)c2n1)c1cc(F)ccc1F. The van der Waals surface area contributed by atoms with Crippen LogP contribution in [-0.2, 0) is 0 Å². The number of hydrogen-bond acceptors (Lipinski definition) is 4. The van der Waals surface area contributed by atoms with Gasteiger partial charge in [0.05, 0.1) is 24.5 Å². The van der Waals surface area contributed by atoms with Gasteiger partial charge in [0.15, 0.2) is 5.65 Å². The molecule has 0 radical (unpaired) electrons. The van der Waals surface area contributed by atoms with Crippen LogP contribution in [0.5, 0.6) is 0 Å². The van der Waals surface area contributed by atoms with Gasteiger partial charge in [-0.25, -0.2) is 18.3 Å². The standard InChI is InChI=1S/C20H18F2N6/c1-12(16-8-14(21)2-5-18(16)22)25-19-6-7-27-20(26-19)17(10-24-27)13-9-23-28(11-13)15-3-4-15/h2,5-12,15H,3-4H2,1H3,(H,25,26)/t12-/m1/s1. The average molecular weight is 380 g/mol. The van der Waals surface area contributed by atoms with Crippen LogP contribution in [0.3, 0.4) is 0 Å². The number of rotatable bonds is 5. The minimum atomic E-state index is -0.473. The number of halogens is 2. The number of anilines is 1. The van der Waals surface area contributed by atoms with Gasteiger partial charge in [0.25, 0.3) is 0 Å². The Morgan fingerprint density at radius 2 is 2.00 bits per heavy atom. The molecule has 0 saturated heterocycles. The summed E-state index contributed by atoms with van der Waals surface area (Å²) in [5.41, 5.74) is 2.75. The van der Waals surface area contributed by atoms with Crippen molar-refractivity contribution < 1.29 is 8.78 Å². The van der Waals surface area contributed by atoms with Gasteiger partial charge in [0, 0.05) is 29.1 Å². The zero-order valence-electron chi connectivity index (χ0n) is 15.2. The lowest BCUT2D eigenvalue weighted by molar-refractivity contribution is 0.577. The molecule has 0 spiro atoms. The molecule has 1 saturated carbocycles. The fourth-order valence-corrected chi connectivity index (χ4v) is 3.31. The Labute approximate surface area is 159 Å². The molecule has 0 bridgehead atoms. The highest BCUT2D eigenvalue weighted by Crippen LogP contribution is 2.35. The Hall–Kier alpha value is -3.29. The smallest absolute Gasteiger partial charge is 0.165 e. The molecule has 5 rings (SSSR count). The zero-order chi connectivity index (χ0) is 19.3. The highest BCUT2D eigenvalue weighted by Gasteiger charge is 2.25. The van der Waals surface area contributed by atoms with Crippen LogP contribution in [0.1, 0.15) is 37.4 Å². The second-order valence-corrected chi connectivity index (χ2v) is 7.11. The molecule has 1 atom stereocenters. The van der Waals surface area contributed by atoms with E-state index in [-0.39, 0.29) is 5.56 Å². The second-order valence-electron chi connectivity index (χ2n) is 7.11. The zero-order valence-corrected chi connectivity index (χ0v) is 15.2. The van der Waals surface area contributed by atoms with E-state index in [9.17, 15) is 8.78 Å². The Kier molecular flexibility index (Phi) is 3.85. The fraction of sp³-hybridized carbons (Fsp3) is 0.250. The average Bonchev–Trinajstić information content (AvgIpc) is 3.27. The van der Waals surface area contributed by atoms with Crippen molar-refractivity contribution in [3.63, 3.8) is 0 Å². The van der Waals surface area contributed by atoms with Crippen LogP contribution < -0.4 is 5.32 Å². The Morgan fingerprint density at radius 1 is 1.14 bits per heavy atom. The van der Waals surface area contributed by atoms with Crippen molar-refractivity contribution in [3.05, 3.63) is 66.3 Å². The molecule has 4 aromatic rings. The second kappa shape index (κ2) is 6.40. The van der Waals surface area contributed by atoms with Crippen molar-refractivity contribution in [3.8, 4) is 11.1 Å². The lowest BCUT2D eigenvalue weighted by Crippen LogP contribution is -2.10. The largest absolute Gasteiger partial charge is 0.363 e. The van der Waals surface area contributed by atoms with Gasteiger partial charge in [0.2, 0.25) is 0 Å². The molecule has 0 unspecified atom stereocenters. The third-order valence-corrected chi connectivity index (χ3v) is 4.99. The molecule has 1 fully saturated rings. The summed E-state index contributed by atoms with van der Waals surface area (Å²) in [6.45, 7) is 1.76. The van der Waals surface area contributed by atoms with E-state index >= 15 is 0 Å². The molecule has 142 valence electrons. The quantitative estimate of drug-likeness (QED) is 0.558. The highest BCUT2D eigenvalue weighted by atomic mass is 19.1. The summed E-state index contributed by atoms with van der Waals surface area (Å²) in [5.74, 6) is -0.376. The van der Waals surface area contributed by atoms with Crippen molar-refractivity contribution in [1.82, 2.24) is 24.4 Å². The van der Waals surface area contributed by atoms with Gasteiger partial charge in [-0.05, 0) is 44.0 Å². The topological polar surface area (TPSA) is 60.0 Å². The van der Waals surface area contributed by atoms with E-state index in [1.165, 1.54) is 6.07 Å². The molecule has 0 amide bonds. The number of hydrogen-bond donors (Lipinski definition) is 1. The van der Waals surface area contributed by atoms with Crippen molar-refractivity contribution in [2.45, 2.75) is 31.8 Å². The number of aromatic nitrogens is 5. The van der Waals surface area contributed by atoms with E-state index in [1.807, 2.05) is 17.1 Å². The fourth-order valence-electron chi connectivity index (χ4n) is 3.31. The molecular weight excluding hydrogens is 362 g/mol. The molecule has 3 aromatic heterocycles. The molecule has 0 aliphatic heterocycles. The first-order chi connectivity index (χ1) is 13.6. The summed E-state index contributed by atoms with van der Waals surface area (Å²) in [4.78, 5) is 4.63. The Bertz CT molecular complexity index is 1160. The normalized spacial score (nSPS) is 15.1. The van der Waals surface area contributed by atoms with E-state index in [2.05, 4.69) is 20.5 Å². The van der Waals surface area contributed by atoms with Crippen molar-refractivity contribution >= 4 is 11.5 Å². The van der Waals surface area contributed by atoms with Crippen molar-refractivity contribution in [1.29, 1.82) is 0 Å². The Balaban J connectivity index is 1.46. The van der Waals surface area contributed by atoms with Gasteiger partial charge in [-0.15, -0.1) is 0 Å². The van der Waals surface area contributed by atoms with E-state index < -0.39 is 17.7 Å². The molecule has 3 heterocycles. The van der Waals surface area contributed by atoms with Crippen LogP contribution in [0.15, 0.2) is 49.1 Å². The summed E-state index contributed by atoms with van der Waals surface area (Å²) >= 11 is 0. The van der Waals surface area contributed by atoms with Crippen LogP contribution in [0.4, 0.5) is 14.6 Å². The van der Waals surface area contributed by atoms with Gasteiger partial charge in [-0.1, -0.05) is 0 Å². The van der Waals surface area contributed by atoms with E-state index in [0.29, 0.717) is 17.5 Å². The maximum atomic E-state index is 14.0. The van der Waals surface area contributed by atoms with Gasteiger partial charge in [-0.2, -0.15) is 10.2 Å². The maximum absolute atomic E-state index is 14.0. The van der Waals surface area contributed by atoms with Gasteiger partial charge in [0.1, 0.15) is 17.5 Å². The molecule has 1 aliphatic carbocycles. The lowest BCUT2D eigenvalue weighted by Gasteiger charge is -2.16. The molecule has 1 aliphatic rings. The number of benzene rings is 1. The summed E-state index contributed by atoms with van der Waals surface area (Å²) < 4.78 is 31.2. The predicted molar refractivity (Wildman–Crippen MR) is 101 cm³/mol. The molecule has 6 nitrogen and oxygen atoms in total. The van der Waals surface area contributed by atoms with Gasteiger partial charge in [-0.3, -0.25) is 4.68 Å². The molecule has 28 heavy (non-hydrogen) atoms. The van der Waals surface area contributed by atoms with Crippen LogP contribution in [0, 0.1) is 11.6 Å². The summed E-state index contributed by atoms with van der Waals surface area (Å²) in [7, 11) is 0. The van der Waals surface area contributed by atoms with Crippen LogP contribution >= 0.6 is 0 Å². The Morgan fingerprint density at radius 3 is 2.82 bits per heavy atom. The van der Waals surface area contributed by atoms with E-state index in [1.54, 1.807) is 29.9 Å². The maximum Gasteiger partial charge on any atom is 0.165 e. The first kappa shape index (κ1) is 16.9. The molecule has 8 heteroatoms. The van der Waals surface area contributed by atoms with Crippen LogP contribution in [0.2, 0.25) is 0 Å². The first-order valence-corrected chi connectivity index (χ1v) is 9.19. The molecule has 1 N–H and O–H groups in total. The number of nitrogens with zero attached hydrogens (tertiary/aromatic N) is 5. The van der Waals surface area contributed by atoms with E-state index in [4.69, 9.17) is 0 Å². The lowest BCUT2D eigenvalue weighted by atomic mass is 10.1. The third kappa shape index (κ3) is 3.00. The van der Waals surface area contributed by atoms with Crippen LogP contribution in [-0.4, -0.2) is 24.4 Å². The first-order valence-electron chi connectivity index (χ1n) is 9.19. The minimum Gasteiger partial charge on any atom is -0.363 e. The van der Waals surface area contributed by atoms with Gasteiger partial charge >= 0.3 is 0 Å². The van der Waals surface area contributed by atoms with Crippen molar-refractivity contribution in [2.75, 3.05) is 5.32 Å². The number of fused-ring (bicyclic) bond motifs is 1. The van der Waals surface area contributed by atoms with Gasteiger partial charge < -0.3 is 5.32 Å². The van der Waals surface area contributed by atoms with Crippen LogP contribution in [0.25, 0.3) is 16.8 Å².